The maximum atomic E-state index is 11.3. The van der Waals surface area contributed by atoms with E-state index < -0.39 is 4.92 Å². The lowest BCUT2D eigenvalue weighted by Crippen LogP contribution is -2.21. The van der Waals surface area contributed by atoms with Crippen molar-refractivity contribution in [1.82, 2.24) is 9.97 Å². The standard InChI is InChI=1S/C20H26N8O2S2/c1-5-26(6-2)19-22-15(16-17(21)23-20(31-16)27(7-3)8-4)18(32-19)25-24-13-11-9-10-12-14(13)28(29)30/h9-12H,5-8,21H2,1-4H3. The van der Waals surface area contributed by atoms with Crippen LogP contribution in [0.4, 0.5) is 32.5 Å². The molecule has 12 heteroatoms. The number of para-hydroxylation sites is 1. The molecule has 10 nitrogen and oxygen atoms in total. The van der Waals surface area contributed by atoms with E-state index >= 15 is 0 Å². The van der Waals surface area contributed by atoms with E-state index in [1.807, 2.05) is 0 Å². The molecule has 2 N–H and O–H groups in total. The molecule has 1 aromatic carbocycles. The normalized spacial score (nSPS) is 11.2. The number of nitrogens with zero attached hydrogens (tertiary/aromatic N) is 7. The molecule has 3 aromatic rings. The Bertz CT molecular complexity index is 1100. The van der Waals surface area contributed by atoms with Crippen LogP contribution in [0.15, 0.2) is 34.5 Å². The summed E-state index contributed by atoms with van der Waals surface area (Å²) in [6.07, 6.45) is 0. The SMILES string of the molecule is CCN(CC)c1nc(-c2sc(N(CC)CC)nc2N)c(N=Nc2ccccc2[N+](=O)[O-])s1. The largest absolute Gasteiger partial charge is 0.382 e. The molecule has 0 aliphatic carbocycles. The van der Waals surface area contributed by atoms with E-state index in [-0.39, 0.29) is 11.4 Å². The lowest BCUT2D eigenvalue weighted by atomic mass is 10.3. The number of hydrogen-bond donors (Lipinski definition) is 1. The Balaban J connectivity index is 2.10. The van der Waals surface area contributed by atoms with Crippen LogP contribution < -0.4 is 15.5 Å². The van der Waals surface area contributed by atoms with Crippen molar-refractivity contribution in [2.45, 2.75) is 27.7 Å². The second kappa shape index (κ2) is 10.5. The number of nitrogen functional groups attached to an aromatic ring is 1. The Morgan fingerprint density at radius 2 is 1.56 bits per heavy atom. The van der Waals surface area contributed by atoms with Gasteiger partial charge in [0.2, 0.25) is 0 Å². The molecule has 0 saturated heterocycles. The highest BCUT2D eigenvalue weighted by Crippen LogP contribution is 2.46. The summed E-state index contributed by atoms with van der Waals surface area (Å²) < 4.78 is 0. The van der Waals surface area contributed by atoms with Gasteiger partial charge >= 0.3 is 0 Å². The van der Waals surface area contributed by atoms with Gasteiger partial charge in [-0.2, -0.15) is 0 Å². The van der Waals surface area contributed by atoms with Crippen molar-refractivity contribution in [2.24, 2.45) is 10.2 Å². The second-order valence-corrected chi connectivity index (χ2v) is 8.58. The number of nitro benzene ring substituents is 1. The summed E-state index contributed by atoms with van der Waals surface area (Å²) in [7, 11) is 0. The second-order valence-electron chi connectivity index (χ2n) is 6.65. The number of nitrogens with two attached hydrogens (primary N) is 1. The number of nitro groups is 1. The van der Waals surface area contributed by atoms with E-state index in [0.717, 1.165) is 41.3 Å². The monoisotopic (exact) mass is 474 g/mol. The zero-order valence-electron chi connectivity index (χ0n) is 18.5. The van der Waals surface area contributed by atoms with Crippen LogP contribution in [-0.4, -0.2) is 41.1 Å². The first kappa shape index (κ1) is 23.5. The number of rotatable bonds is 10. The zero-order chi connectivity index (χ0) is 23.3. The first-order valence-corrected chi connectivity index (χ1v) is 12.0. The minimum Gasteiger partial charge on any atom is -0.382 e. The van der Waals surface area contributed by atoms with Gasteiger partial charge in [0, 0.05) is 32.2 Å². The van der Waals surface area contributed by atoms with Crippen LogP contribution in [0.1, 0.15) is 27.7 Å². The highest BCUT2D eigenvalue weighted by Gasteiger charge is 2.23. The van der Waals surface area contributed by atoms with E-state index in [4.69, 9.17) is 10.7 Å². The predicted octanol–water partition coefficient (Wildman–Crippen LogP) is 5.86. The third kappa shape index (κ3) is 4.86. The van der Waals surface area contributed by atoms with Gasteiger partial charge in [-0.15, -0.1) is 10.2 Å². The van der Waals surface area contributed by atoms with Crippen molar-refractivity contribution in [3.05, 3.63) is 34.4 Å². The van der Waals surface area contributed by atoms with Crippen LogP contribution in [0.2, 0.25) is 0 Å². The molecule has 0 aliphatic heterocycles. The fourth-order valence-corrected chi connectivity index (χ4v) is 5.26. The molecule has 0 fully saturated rings. The number of benzene rings is 1. The molecule has 0 unspecified atom stereocenters. The smallest absolute Gasteiger partial charge is 0.296 e. The molecular formula is C20H26N8O2S2. The van der Waals surface area contributed by atoms with E-state index in [2.05, 4.69) is 52.7 Å². The molecule has 0 atom stereocenters. The van der Waals surface area contributed by atoms with Gasteiger partial charge in [-0.25, -0.2) is 9.97 Å². The molecule has 2 heterocycles. The van der Waals surface area contributed by atoms with E-state index in [9.17, 15) is 10.1 Å². The summed E-state index contributed by atoms with van der Waals surface area (Å²) >= 11 is 2.84. The van der Waals surface area contributed by atoms with Gasteiger partial charge in [-0.1, -0.05) is 34.8 Å². The number of hydrogen-bond acceptors (Lipinski definition) is 11. The molecule has 32 heavy (non-hydrogen) atoms. The average Bonchev–Trinajstić information content (AvgIpc) is 3.37. The number of aromatic nitrogens is 2. The van der Waals surface area contributed by atoms with Crippen molar-refractivity contribution in [3.63, 3.8) is 0 Å². The van der Waals surface area contributed by atoms with Crippen LogP contribution in [0.3, 0.4) is 0 Å². The lowest BCUT2D eigenvalue weighted by molar-refractivity contribution is -0.384. The van der Waals surface area contributed by atoms with Gasteiger partial charge in [0.05, 0.1) is 4.92 Å². The highest BCUT2D eigenvalue weighted by atomic mass is 32.1. The fourth-order valence-electron chi connectivity index (χ4n) is 3.07. The summed E-state index contributed by atoms with van der Waals surface area (Å²) in [6.45, 7) is 11.4. The Kier molecular flexibility index (Phi) is 7.70. The van der Waals surface area contributed by atoms with Crippen molar-refractivity contribution >= 4 is 55.1 Å². The number of azo groups is 1. The third-order valence-electron chi connectivity index (χ3n) is 4.85. The van der Waals surface area contributed by atoms with Gasteiger partial charge in [-0.3, -0.25) is 10.1 Å². The van der Waals surface area contributed by atoms with Gasteiger partial charge < -0.3 is 15.5 Å². The van der Waals surface area contributed by atoms with Crippen LogP contribution in [0.5, 0.6) is 0 Å². The molecule has 0 aliphatic rings. The summed E-state index contributed by atoms with van der Waals surface area (Å²) in [6, 6.07) is 6.25. The third-order valence-corrected chi connectivity index (χ3v) is 6.99. The number of thiazole rings is 2. The molecular weight excluding hydrogens is 448 g/mol. The first-order valence-electron chi connectivity index (χ1n) is 10.4. The molecule has 0 saturated carbocycles. The Hall–Kier alpha value is -3.12. The Labute approximate surface area is 194 Å². The van der Waals surface area contributed by atoms with Gasteiger partial charge in [0.15, 0.2) is 21.0 Å². The predicted molar refractivity (Wildman–Crippen MR) is 132 cm³/mol. The summed E-state index contributed by atoms with van der Waals surface area (Å²) in [5, 5.41) is 22.0. The molecule has 3 rings (SSSR count). The summed E-state index contributed by atoms with van der Waals surface area (Å²) in [4.78, 5) is 25.1. The van der Waals surface area contributed by atoms with Gasteiger partial charge in [0.1, 0.15) is 16.4 Å². The number of anilines is 3. The lowest BCUT2D eigenvalue weighted by Gasteiger charge is -2.16. The van der Waals surface area contributed by atoms with E-state index in [1.54, 1.807) is 18.2 Å². The Morgan fingerprint density at radius 3 is 2.16 bits per heavy atom. The summed E-state index contributed by atoms with van der Waals surface area (Å²) in [5.74, 6) is 0.385. The maximum absolute atomic E-state index is 11.3. The van der Waals surface area contributed by atoms with Crippen LogP contribution in [-0.2, 0) is 0 Å². The fraction of sp³-hybridized carbons (Fsp3) is 0.400. The minimum absolute atomic E-state index is 0.104. The van der Waals surface area contributed by atoms with E-state index in [0.29, 0.717) is 16.5 Å². The molecule has 0 bridgehead atoms. The topological polar surface area (TPSA) is 126 Å². The van der Waals surface area contributed by atoms with Crippen molar-refractivity contribution in [3.8, 4) is 10.6 Å². The zero-order valence-corrected chi connectivity index (χ0v) is 20.1. The average molecular weight is 475 g/mol. The Morgan fingerprint density at radius 1 is 0.969 bits per heavy atom. The highest BCUT2D eigenvalue weighted by molar-refractivity contribution is 7.22. The van der Waals surface area contributed by atoms with Crippen molar-refractivity contribution < 1.29 is 4.92 Å². The van der Waals surface area contributed by atoms with Gasteiger partial charge in [-0.05, 0) is 33.8 Å². The van der Waals surface area contributed by atoms with Crippen molar-refractivity contribution in [1.29, 1.82) is 0 Å². The molecule has 2 aromatic heterocycles. The molecule has 0 spiro atoms. The molecule has 0 amide bonds. The quantitative estimate of drug-likeness (QED) is 0.221. The van der Waals surface area contributed by atoms with Crippen LogP contribution >= 0.6 is 22.7 Å². The molecule has 0 radical (unpaired) electrons. The minimum atomic E-state index is -0.471. The summed E-state index contributed by atoms with van der Waals surface area (Å²) in [5.41, 5.74) is 6.94. The van der Waals surface area contributed by atoms with Gasteiger partial charge in [0.25, 0.3) is 5.69 Å². The van der Waals surface area contributed by atoms with E-state index in [1.165, 1.54) is 28.7 Å². The van der Waals surface area contributed by atoms with Crippen LogP contribution in [0.25, 0.3) is 10.6 Å². The molecule has 170 valence electrons. The van der Waals surface area contributed by atoms with Crippen LogP contribution in [0, 0.1) is 10.1 Å². The first-order chi connectivity index (χ1) is 15.4. The van der Waals surface area contributed by atoms with Crippen molar-refractivity contribution in [2.75, 3.05) is 41.7 Å². The maximum Gasteiger partial charge on any atom is 0.296 e.